The van der Waals surface area contributed by atoms with Crippen LogP contribution in [0.25, 0.3) is 11.1 Å². The lowest BCUT2D eigenvalue weighted by Gasteiger charge is -2.28. The molecule has 0 aromatic heterocycles. The maximum Gasteiger partial charge on any atom is 0.494 e. The number of halogens is 6. The van der Waals surface area contributed by atoms with Crippen molar-refractivity contribution < 1.29 is 18.6 Å². The first-order chi connectivity index (χ1) is 41.8. The Labute approximate surface area is 567 Å². The zero-order valence-electron chi connectivity index (χ0n) is 50.4. The van der Waals surface area contributed by atoms with E-state index in [0.717, 1.165) is 72.8 Å². The summed E-state index contributed by atoms with van der Waals surface area (Å²) in [6.07, 6.45) is 5.92. The van der Waals surface area contributed by atoms with Gasteiger partial charge in [0.25, 0.3) is 0 Å². The number of hydrogen-bond acceptors (Lipinski definition) is 6. The molecule has 2 fully saturated rings. The number of benzene rings is 9. The van der Waals surface area contributed by atoms with Crippen molar-refractivity contribution in [2.24, 2.45) is 0 Å². The van der Waals surface area contributed by atoms with E-state index in [2.05, 4.69) is 354 Å². The van der Waals surface area contributed by atoms with Crippen molar-refractivity contribution in [1.29, 1.82) is 0 Å². The van der Waals surface area contributed by atoms with Crippen molar-refractivity contribution in [3.8, 4) is 11.1 Å². The molecule has 6 nitrogen and oxygen atoms in total. The van der Waals surface area contributed by atoms with Crippen LogP contribution in [0, 0.1) is 0 Å². The maximum atomic E-state index is 5.88. The molecule has 0 radical (unpaired) electrons. The molecule has 0 N–H and O–H groups in total. The fourth-order valence-electron chi connectivity index (χ4n) is 11.9. The fourth-order valence-corrected chi connectivity index (χ4v) is 13.4. The Bertz CT molecular complexity index is 3570. The quantitative estimate of drug-likeness (QED) is 0.120. The number of anilines is 6. The summed E-state index contributed by atoms with van der Waals surface area (Å²) in [6, 6.07) is 70.5. The summed E-state index contributed by atoms with van der Waals surface area (Å²) in [6.45, 7) is 18.4. The van der Waals surface area contributed by atoms with E-state index in [1.807, 2.05) is 0 Å². The highest BCUT2D eigenvalue weighted by molar-refractivity contribution is 9.11. The molecule has 0 saturated carbocycles. The van der Waals surface area contributed by atoms with Crippen LogP contribution >= 0.6 is 95.6 Å². The van der Waals surface area contributed by atoms with E-state index < -0.39 is 0 Å². The minimum atomic E-state index is -0.219. The predicted molar refractivity (Wildman–Crippen MR) is 387 cm³/mol. The van der Waals surface area contributed by atoms with Crippen LogP contribution in [0.5, 0.6) is 0 Å². The molecule has 2 heterocycles. The molecular formula is C73H72B2Br6N2O4. The third kappa shape index (κ3) is 15.8. The molecule has 446 valence electrons. The van der Waals surface area contributed by atoms with E-state index in [0.29, 0.717) is 26.4 Å². The summed E-state index contributed by atoms with van der Waals surface area (Å²) < 4.78 is 29.9. The lowest BCUT2D eigenvalue weighted by Crippen LogP contribution is -2.35. The average Bonchev–Trinajstić information content (AvgIpc) is 1.54. The van der Waals surface area contributed by atoms with Crippen LogP contribution < -0.4 is 20.7 Å². The molecule has 14 heteroatoms. The van der Waals surface area contributed by atoms with Crippen LogP contribution in [-0.4, -0.2) is 40.7 Å². The summed E-state index contributed by atoms with van der Waals surface area (Å²) in [5, 5.41) is 0. The van der Waals surface area contributed by atoms with Crippen molar-refractivity contribution in [2.45, 2.75) is 96.8 Å². The molecule has 2 saturated heterocycles. The number of hydrogen-bond donors (Lipinski definition) is 0. The molecule has 13 rings (SSSR count). The lowest BCUT2D eigenvalue weighted by molar-refractivity contribution is 0.365. The van der Waals surface area contributed by atoms with Gasteiger partial charge in [0.1, 0.15) is 0 Å². The van der Waals surface area contributed by atoms with Crippen LogP contribution in [0.1, 0.15) is 102 Å². The molecule has 9 aromatic carbocycles. The maximum absolute atomic E-state index is 5.88. The Kier molecular flexibility index (Phi) is 21.9. The van der Waals surface area contributed by atoms with E-state index in [9.17, 15) is 0 Å². The minimum Gasteiger partial charge on any atom is -0.405 e. The van der Waals surface area contributed by atoms with Crippen LogP contribution in [0.4, 0.5) is 34.1 Å². The normalized spacial score (nSPS) is 15.6. The second-order valence-electron chi connectivity index (χ2n) is 24.3. The summed E-state index contributed by atoms with van der Waals surface area (Å²) in [5.74, 6) is 0. The third-order valence-electron chi connectivity index (χ3n) is 16.3. The molecule has 0 unspecified atom stereocenters. The van der Waals surface area contributed by atoms with Gasteiger partial charge in [0.05, 0.1) is 26.4 Å². The first-order valence-electron chi connectivity index (χ1n) is 29.8. The Morgan fingerprint density at radius 1 is 0.414 bits per heavy atom. The Hall–Kier alpha value is -4.57. The van der Waals surface area contributed by atoms with E-state index in [1.165, 1.54) is 64.5 Å². The zero-order valence-corrected chi connectivity index (χ0v) is 59.9. The number of rotatable bonds is 11. The van der Waals surface area contributed by atoms with Gasteiger partial charge in [0.2, 0.25) is 0 Å². The summed E-state index contributed by atoms with van der Waals surface area (Å²) >= 11 is 20.9. The molecular weight excluding hydrogens is 1470 g/mol. The molecule has 0 bridgehead atoms. The highest BCUT2D eigenvalue weighted by Gasteiger charge is 2.50. The Morgan fingerprint density at radius 3 is 1.11 bits per heavy atom. The summed E-state index contributed by atoms with van der Waals surface area (Å²) in [7, 11) is -0.416. The van der Waals surface area contributed by atoms with Gasteiger partial charge in [-0.2, -0.15) is 0 Å². The van der Waals surface area contributed by atoms with Crippen LogP contribution in [0.15, 0.2) is 227 Å². The lowest BCUT2D eigenvalue weighted by atomic mass is 9.70. The van der Waals surface area contributed by atoms with Gasteiger partial charge in [-0.1, -0.05) is 211 Å². The first kappa shape index (κ1) is 65.4. The monoisotopic (exact) mass is 1540 g/mol. The molecule has 4 aliphatic rings. The van der Waals surface area contributed by atoms with Crippen molar-refractivity contribution in [3.05, 3.63) is 255 Å². The molecule has 2 aliphatic carbocycles. The van der Waals surface area contributed by atoms with Crippen LogP contribution in [-0.2, 0) is 41.3 Å². The molecule has 87 heavy (non-hydrogen) atoms. The number of fused-ring (bicyclic) bond motifs is 3. The fraction of sp³-hybridized carbons (Fsp3) is 0.260. The van der Waals surface area contributed by atoms with Crippen molar-refractivity contribution in [2.75, 3.05) is 36.2 Å². The summed E-state index contributed by atoms with van der Waals surface area (Å²) in [4.78, 5) is 4.50. The van der Waals surface area contributed by atoms with Gasteiger partial charge in [-0.3, -0.25) is 0 Å². The largest absolute Gasteiger partial charge is 0.494 e. The number of unbranched alkanes of at least 4 members (excludes halogenated alkanes) is 1. The third-order valence-corrected chi connectivity index (χ3v) is 19.5. The van der Waals surface area contributed by atoms with Gasteiger partial charge in [-0.05, 0) is 226 Å². The van der Waals surface area contributed by atoms with Gasteiger partial charge in [0, 0.05) is 66.4 Å². The van der Waals surface area contributed by atoms with Crippen molar-refractivity contribution >= 4 is 155 Å². The second-order valence-corrected chi connectivity index (χ2v) is 29.8. The van der Waals surface area contributed by atoms with E-state index >= 15 is 0 Å². The topological polar surface area (TPSA) is 43.4 Å². The van der Waals surface area contributed by atoms with Gasteiger partial charge < -0.3 is 28.4 Å². The Balaban J connectivity index is 0.000000134. The zero-order chi connectivity index (χ0) is 61.5. The van der Waals surface area contributed by atoms with Crippen LogP contribution in [0.2, 0.25) is 0 Å². The highest BCUT2D eigenvalue weighted by atomic mass is 79.9. The SMILES string of the molecule is Brc1ccc(N(c2ccc(Br)cc2)c2ccc(Br)cc2)cc1.CC(C)(C)c1ccc(Br)cc1.CC(C)(C)c1ccc(N(c2ccc(Br)cc2)c2ccc(Br)cc2)cc1.CCCC[C@]12CCc3c(B4OCCO4)ccc(c31)-c1ccc(B3OCCO3)cc12. The van der Waals surface area contributed by atoms with Gasteiger partial charge in [-0.25, -0.2) is 0 Å². The molecule has 0 amide bonds. The van der Waals surface area contributed by atoms with Crippen LogP contribution in [0.3, 0.4) is 0 Å². The van der Waals surface area contributed by atoms with Crippen molar-refractivity contribution in [1.82, 2.24) is 0 Å². The predicted octanol–water partition coefficient (Wildman–Crippen LogP) is 21.7. The Morgan fingerprint density at radius 2 is 0.747 bits per heavy atom. The minimum absolute atomic E-state index is 0.110. The molecule has 2 aliphatic heterocycles. The molecule has 1 atom stereocenters. The van der Waals surface area contributed by atoms with Gasteiger partial charge in [-0.15, -0.1) is 0 Å². The molecule has 9 aromatic rings. The van der Waals surface area contributed by atoms with E-state index in [4.69, 9.17) is 18.6 Å². The highest BCUT2D eigenvalue weighted by Crippen LogP contribution is 2.58. The average molecular weight is 1540 g/mol. The molecule has 0 spiro atoms. The number of nitrogens with zero attached hydrogens (tertiary/aromatic N) is 2. The van der Waals surface area contributed by atoms with E-state index in [-0.39, 0.29) is 30.5 Å². The van der Waals surface area contributed by atoms with E-state index in [1.54, 1.807) is 5.56 Å². The summed E-state index contributed by atoms with van der Waals surface area (Å²) in [5.41, 5.74) is 19.7. The van der Waals surface area contributed by atoms with Gasteiger partial charge >= 0.3 is 14.2 Å². The smallest absolute Gasteiger partial charge is 0.405 e. The standard InChI is InChI=1S/C23H26B2O4.C22H21Br2N.C18H12Br3N.C10H13Br/c1-2-3-9-23-10-8-19-21(25-28-13-14-29-25)7-6-18(22(19)23)17-5-4-16(15-20(17)23)24-26-11-12-27-24;1-22(2,3)16-4-10-19(11-5-16)25(20-12-6-17(23)7-13-20)21-14-8-18(24)9-15-21;19-13-1-7-16(8-2-13)22(17-9-3-14(20)4-10-17)18-11-5-15(21)6-12-18;1-10(2,3)8-4-6-9(11)7-5-8/h4-7,15H,2-3,8-14H2,1H3;4-15H,1-3H3;1-12H;4-7H,1-3H3/t23-;;;/m1.../s1. The second kappa shape index (κ2) is 29.1. The van der Waals surface area contributed by atoms with Crippen molar-refractivity contribution in [3.63, 3.8) is 0 Å². The first-order valence-corrected chi connectivity index (χ1v) is 34.6. The van der Waals surface area contributed by atoms with Gasteiger partial charge in [0.15, 0.2) is 0 Å².